The van der Waals surface area contributed by atoms with Crippen molar-refractivity contribution < 1.29 is 9.52 Å². The zero-order valence-corrected chi connectivity index (χ0v) is 11.8. The van der Waals surface area contributed by atoms with Gasteiger partial charge >= 0.3 is 0 Å². The van der Waals surface area contributed by atoms with Crippen LogP contribution in [-0.2, 0) is 0 Å². The van der Waals surface area contributed by atoms with Gasteiger partial charge in [0.1, 0.15) is 0 Å². The average molecular weight is 296 g/mol. The van der Waals surface area contributed by atoms with Gasteiger partial charge in [0.15, 0.2) is 16.7 Å². The zero-order chi connectivity index (χ0) is 13.7. The van der Waals surface area contributed by atoms with E-state index in [0.29, 0.717) is 15.4 Å². The molecule has 2 aromatic heterocycles. The van der Waals surface area contributed by atoms with Gasteiger partial charge in [0, 0.05) is 17.9 Å². The maximum absolute atomic E-state index is 11.9. The second-order valence-electron chi connectivity index (χ2n) is 3.62. The standard InChI is InChI=1S/C11H12N4O2S2/c1-2-7-18-11-14-13-10(19-11)12-9(16)8-3-5-15(17)6-4-8/h3-6H,2,7H2,1H3,(H,12,13,16). The Morgan fingerprint density at radius 1 is 1.47 bits per heavy atom. The summed E-state index contributed by atoms with van der Waals surface area (Å²) in [5.41, 5.74) is 0.407. The SMILES string of the molecule is CCCSc1nnc(NC(=O)c2cc[n+]([O-])cc2)s1. The normalized spacial score (nSPS) is 10.4. The zero-order valence-electron chi connectivity index (χ0n) is 10.2. The summed E-state index contributed by atoms with van der Waals surface area (Å²) < 4.78 is 1.46. The Balaban J connectivity index is 1.98. The molecule has 0 saturated carbocycles. The molecule has 1 N–H and O–H groups in total. The van der Waals surface area contributed by atoms with Gasteiger partial charge in [0.25, 0.3) is 5.91 Å². The number of pyridine rings is 1. The van der Waals surface area contributed by atoms with Gasteiger partial charge in [0.05, 0.1) is 5.56 Å². The summed E-state index contributed by atoms with van der Waals surface area (Å²) in [6, 6.07) is 2.91. The number of amides is 1. The quantitative estimate of drug-likeness (QED) is 0.394. The molecule has 2 rings (SSSR count). The minimum absolute atomic E-state index is 0.302. The van der Waals surface area contributed by atoms with Crippen LogP contribution in [0.3, 0.4) is 0 Å². The molecule has 0 spiro atoms. The van der Waals surface area contributed by atoms with E-state index in [1.54, 1.807) is 11.8 Å². The van der Waals surface area contributed by atoms with Crippen molar-refractivity contribution in [2.45, 2.75) is 17.7 Å². The third kappa shape index (κ3) is 3.90. The second kappa shape index (κ2) is 6.48. The number of nitrogens with zero attached hydrogens (tertiary/aromatic N) is 3. The molecule has 0 bridgehead atoms. The van der Waals surface area contributed by atoms with Gasteiger partial charge in [0.2, 0.25) is 5.13 Å². The van der Waals surface area contributed by atoms with Gasteiger partial charge in [-0.15, -0.1) is 10.2 Å². The number of rotatable bonds is 5. The highest BCUT2D eigenvalue weighted by molar-refractivity contribution is 8.01. The summed E-state index contributed by atoms with van der Waals surface area (Å²) in [4.78, 5) is 11.9. The third-order valence-corrected chi connectivity index (χ3v) is 4.30. The minimum Gasteiger partial charge on any atom is -0.619 e. The molecule has 8 heteroatoms. The summed E-state index contributed by atoms with van der Waals surface area (Å²) in [5, 5.41) is 21.9. The van der Waals surface area contributed by atoms with Crippen LogP contribution in [0.4, 0.5) is 5.13 Å². The Labute approximate surface area is 118 Å². The van der Waals surface area contributed by atoms with Crippen molar-refractivity contribution in [1.82, 2.24) is 10.2 Å². The lowest BCUT2D eigenvalue weighted by molar-refractivity contribution is -0.605. The first kappa shape index (κ1) is 13.8. The number of carbonyl (C=O) groups excluding carboxylic acids is 1. The Hall–Kier alpha value is -1.67. The second-order valence-corrected chi connectivity index (χ2v) is 5.94. The van der Waals surface area contributed by atoms with Crippen molar-refractivity contribution in [3.8, 4) is 0 Å². The van der Waals surface area contributed by atoms with E-state index in [1.807, 2.05) is 0 Å². The molecule has 0 atom stereocenters. The highest BCUT2D eigenvalue weighted by Gasteiger charge is 2.11. The summed E-state index contributed by atoms with van der Waals surface area (Å²) >= 11 is 2.96. The summed E-state index contributed by atoms with van der Waals surface area (Å²) in [7, 11) is 0. The molecule has 0 unspecified atom stereocenters. The van der Waals surface area contributed by atoms with E-state index in [0.717, 1.165) is 16.5 Å². The molecule has 19 heavy (non-hydrogen) atoms. The Kier molecular flexibility index (Phi) is 4.69. The molecular formula is C11H12N4O2S2. The molecule has 0 aliphatic heterocycles. The van der Waals surface area contributed by atoms with E-state index in [2.05, 4.69) is 22.4 Å². The van der Waals surface area contributed by atoms with E-state index in [1.165, 1.54) is 35.9 Å². The van der Waals surface area contributed by atoms with Crippen LogP contribution in [0.5, 0.6) is 0 Å². The van der Waals surface area contributed by atoms with Crippen LogP contribution in [0, 0.1) is 5.21 Å². The number of carbonyl (C=O) groups is 1. The maximum atomic E-state index is 11.9. The number of hydrogen-bond acceptors (Lipinski definition) is 6. The Morgan fingerprint density at radius 3 is 2.89 bits per heavy atom. The van der Waals surface area contributed by atoms with Crippen LogP contribution >= 0.6 is 23.1 Å². The highest BCUT2D eigenvalue weighted by atomic mass is 32.2. The smallest absolute Gasteiger partial charge is 0.257 e. The lowest BCUT2D eigenvalue weighted by Gasteiger charge is -2.00. The van der Waals surface area contributed by atoms with Crippen LogP contribution in [0.2, 0.25) is 0 Å². The van der Waals surface area contributed by atoms with Crippen molar-refractivity contribution in [2.75, 3.05) is 11.1 Å². The molecule has 0 saturated heterocycles. The van der Waals surface area contributed by atoms with E-state index in [9.17, 15) is 10.0 Å². The Bertz CT molecular complexity index is 556. The van der Waals surface area contributed by atoms with Gasteiger partial charge in [-0.1, -0.05) is 30.0 Å². The number of hydrogen-bond donors (Lipinski definition) is 1. The lowest BCUT2D eigenvalue weighted by Crippen LogP contribution is -2.25. The van der Waals surface area contributed by atoms with Crippen LogP contribution in [0.15, 0.2) is 28.9 Å². The average Bonchev–Trinajstić information content (AvgIpc) is 2.84. The van der Waals surface area contributed by atoms with E-state index in [-0.39, 0.29) is 5.91 Å². The van der Waals surface area contributed by atoms with Gasteiger partial charge in [-0.05, 0) is 6.42 Å². The van der Waals surface area contributed by atoms with Crippen molar-refractivity contribution >= 4 is 34.1 Å². The highest BCUT2D eigenvalue weighted by Crippen LogP contribution is 2.25. The molecule has 0 fully saturated rings. The first-order chi connectivity index (χ1) is 9.19. The molecule has 6 nitrogen and oxygen atoms in total. The molecule has 2 aromatic rings. The lowest BCUT2D eigenvalue weighted by atomic mass is 10.2. The van der Waals surface area contributed by atoms with Gasteiger partial charge in [-0.2, -0.15) is 4.73 Å². The third-order valence-electron chi connectivity index (χ3n) is 2.12. The molecule has 2 heterocycles. The molecule has 0 radical (unpaired) electrons. The van der Waals surface area contributed by atoms with Crippen LogP contribution < -0.4 is 10.0 Å². The number of thioether (sulfide) groups is 1. The largest absolute Gasteiger partial charge is 0.619 e. The number of nitrogens with one attached hydrogen (secondary N) is 1. The molecule has 100 valence electrons. The number of anilines is 1. The fourth-order valence-corrected chi connectivity index (χ4v) is 2.91. The van der Waals surface area contributed by atoms with Gasteiger partial charge < -0.3 is 5.21 Å². The maximum Gasteiger partial charge on any atom is 0.257 e. The molecule has 0 aromatic carbocycles. The first-order valence-electron chi connectivity index (χ1n) is 5.65. The predicted octanol–water partition coefficient (Wildman–Crippen LogP) is 1.93. The fourth-order valence-electron chi connectivity index (χ4n) is 1.24. The first-order valence-corrected chi connectivity index (χ1v) is 7.45. The Morgan fingerprint density at radius 2 is 2.21 bits per heavy atom. The van der Waals surface area contributed by atoms with Crippen LogP contribution in [0.25, 0.3) is 0 Å². The summed E-state index contributed by atoms with van der Waals surface area (Å²) in [5.74, 6) is 0.675. The van der Waals surface area contributed by atoms with E-state index < -0.39 is 0 Å². The van der Waals surface area contributed by atoms with E-state index >= 15 is 0 Å². The van der Waals surface area contributed by atoms with Crippen molar-refractivity contribution in [1.29, 1.82) is 0 Å². The van der Waals surface area contributed by atoms with Crippen LogP contribution in [0.1, 0.15) is 23.7 Å². The summed E-state index contributed by atoms with van der Waals surface area (Å²) in [6.45, 7) is 2.09. The van der Waals surface area contributed by atoms with Gasteiger partial charge in [-0.25, -0.2) is 0 Å². The monoisotopic (exact) mass is 296 g/mol. The van der Waals surface area contributed by atoms with Crippen molar-refractivity contribution in [3.63, 3.8) is 0 Å². The molecule has 0 aliphatic carbocycles. The van der Waals surface area contributed by atoms with Gasteiger partial charge in [-0.3, -0.25) is 10.1 Å². The molecule has 1 amide bonds. The number of aromatic nitrogens is 3. The minimum atomic E-state index is -0.302. The van der Waals surface area contributed by atoms with Crippen LogP contribution in [-0.4, -0.2) is 21.9 Å². The topological polar surface area (TPSA) is 81.8 Å². The fraction of sp³-hybridized carbons (Fsp3) is 0.273. The van der Waals surface area contributed by atoms with Crippen molar-refractivity contribution in [2.24, 2.45) is 0 Å². The predicted molar refractivity (Wildman–Crippen MR) is 74.3 cm³/mol. The summed E-state index contributed by atoms with van der Waals surface area (Å²) in [6.07, 6.45) is 3.61. The molecule has 0 aliphatic rings. The molecular weight excluding hydrogens is 284 g/mol. The van der Waals surface area contributed by atoms with E-state index in [4.69, 9.17) is 0 Å². The van der Waals surface area contributed by atoms with Crippen molar-refractivity contribution in [3.05, 3.63) is 35.3 Å².